The molecule has 1 aliphatic heterocycles. The molecule has 1 amide bonds. The Morgan fingerprint density at radius 1 is 1.35 bits per heavy atom. The molecule has 1 aliphatic rings. The third-order valence-corrected chi connectivity index (χ3v) is 4.22. The van der Waals surface area contributed by atoms with Crippen molar-refractivity contribution in [1.82, 2.24) is 10.0 Å². The first-order valence-corrected chi connectivity index (χ1v) is 9.02. The fraction of sp³-hybridized carbons (Fsp3) is 0.412. The Balaban J connectivity index is 1.80. The zero-order valence-corrected chi connectivity index (χ0v) is 15.2. The Bertz CT molecular complexity index is 769. The number of nitrogens with zero attached hydrogens (tertiary/aromatic N) is 2. The van der Waals surface area contributed by atoms with Gasteiger partial charge in [0.15, 0.2) is 10.9 Å². The molecule has 26 heavy (non-hydrogen) atoms. The van der Waals surface area contributed by atoms with Crippen LogP contribution in [-0.2, 0) is 0 Å². The monoisotopic (exact) mass is 383 g/mol. The van der Waals surface area contributed by atoms with Crippen LogP contribution in [0.1, 0.15) is 30.6 Å². The summed E-state index contributed by atoms with van der Waals surface area (Å²) in [5.74, 6) is -2.46. The van der Waals surface area contributed by atoms with E-state index in [0.717, 1.165) is 0 Å². The van der Waals surface area contributed by atoms with Crippen molar-refractivity contribution in [2.75, 3.05) is 18.4 Å². The topological polar surface area (TPSA) is 63.7 Å². The minimum absolute atomic E-state index is 0.114. The van der Waals surface area contributed by atoms with Crippen molar-refractivity contribution >= 4 is 22.4 Å². The Kier molecular flexibility index (Phi) is 5.38. The van der Waals surface area contributed by atoms with Crippen molar-refractivity contribution in [3.05, 3.63) is 35.3 Å². The summed E-state index contributed by atoms with van der Waals surface area (Å²) in [6.45, 7) is 3.33. The van der Waals surface area contributed by atoms with E-state index in [4.69, 9.17) is 9.57 Å². The van der Waals surface area contributed by atoms with E-state index in [0.29, 0.717) is 16.4 Å². The molecule has 0 spiro atoms. The summed E-state index contributed by atoms with van der Waals surface area (Å²) in [5.41, 5.74) is 0.291. The predicted molar refractivity (Wildman–Crippen MR) is 94.0 cm³/mol. The van der Waals surface area contributed by atoms with Gasteiger partial charge >= 0.3 is 0 Å². The highest BCUT2D eigenvalue weighted by atomic mass is 32.1. The second-order valence-corrected chi connectivity index (χ2v) is 7.11. The number of hydrogen-bond acceptors (Lipinski definition) is 6. The number of thiazole rings is 1. The van der Waals surface area contributed by atoms with Crippen LogP contribution in [0.2, 0.25) is 0 Å². The summed E-state index contributed by atoms with van der Waals surface area (Å²) in [6.07, 6.45) is 1.21. The molecule has 1 N–H and O–H groups in total. The number of hydrogen-bond donors (Lipinski definition) is 1. The number of amides is 1. The number of carbonyl (C=O) groups is 1. The second kappa shape index (κ2) is 7.55. The Labute approximate surface area is 153 Å². The predicted octanol–water partition coefficient (Wildman–Crippen LogP) is 3.82. The number of aromatic nitrogens is 1. The van der Waals surface area contributed by atoms with Crippen LogP contribution < -0.4 is 14.9 Å². The van der Waals surface area contributed by atoms with E-state index in [2.05, 4.69) is 10.3 Å². The van der Waals surface area contributed by atoms with E-state index in [1.807, 2.05) is 13.8 Å². The lowest BCUT2D eigenvalue weighted by Crippen LogP contribution is -2.28. The van der Waals surface area contributed by atoms with Crippen LogP contribution in [0.3, 0.4) is 0 Å². The van der Waals surface area contributed by atoms with Crippen LogP contribution in [0.15, 0.2) is 29.8 Å². The molecule has 0 unspecified atom stereocenters. The lowest BCUT2D eigenvalue weighted by molar-refractivity contribution is -0.0736. The standard InChI is InChI=1S/C17H19F2N3O3S/c1-11(2)24-13-7-12(15(23)21-16-20-4-6-26-16)8-14(9-13)25-22-5-3-17(18,19)10-22/h4,6-9,11H,3,5,10H2,1-2H3,(H,20,21,23). The van der Waals surface area contributed by atoms with Crippen molar-refractivity contribution in [3.8, 4) is 11.5 Å². The molecule has 0 radical (unpaired) electrons. The Morgan fingerprint density at radius 3 is 2.73 bits per heavy atom. The van der Waals surface area contributed by atoms with Crippen LogP contribution >= 0.6 is 11.3 Å². The number of alkyl halides is 2. The van der Waals surface area contributed by atoms with E-state index in [1.54, 1.807) is 23.7 Å². The van der Waals surface area contributed by atoms with Gasteiger partial charge < -0.3 is 9.57 Å². The summed E-state index contributed by atoms with van der Waals surface area (Å²) in [6, 6.07) is 4.65. The first-order chi connectivity index (χ1) is 12.3. The maximum absolute atomic E-state index is 13.4. The smallest absolute Gasteiger partial charge is 0.265 e. The largest absolute Gasteiger partial charge is 0.491 e. The molecule has 2 aromatic rings. The fourth-order valence-electron chi connectivity index (χ4n) is 2.48. The van der Waals surface area contributed by atoms with Gasteiger partial charge in [-0.2, -0.15) is 0 Å². The molecular weight excluding hydrogens is 364 g/mol. The average Bonchev–Trinajstić information content (AvgIpc) is 3.16. The number of ether oxygens (including phenoxy) is 1. The highest BCUT2D eigenvalue weighted by molar-refractivity contribution is 7.13. The van der Waals surface area contributed by atoms with E-state index < -0.39 is 12.5 Å². The van der Waals surface area contributed by atoms with Crippen molar-refractivity contribution in [2.45, 2.75) is 32.3 Å². The van der Waals surface area contributed by atoms with Crippen molar-refractivity contribution in [3.63, 3.8) is 0 Å². The molecule has 6 nitrogen and oxygen atoms in total. The molecule has 0 aliphatic carbocycles. The van der Waals surface area contributed by atoms with Crippen LogP contribution in [0.5, 0.6) is 11.5 Å². The van der Waals surface area contributed by atoms with Crippen molar-refractivity contribution in [2.24, 2.45) is 0 Å². The summed E-state index contributed by atoms with van der Waals surface area (Å²) in [4.78, 5) is 22.0. The summed E-state index contributed by atoms with van der Waals surface area (Å²) < 4.78 is 32.3. The minimum Gasteiger partial charge on any atom is -0.491 e. The molecule has 1 aromatic heterocycles. The van der Waals surface area contributed by atoms with Gasteiger partial charge in [0.25, 0.3) is 11.8 Å². The van der Waals surface area contributed by atoms with E-state index in [1.165, 1.54) is 22.5 Å². The summed E-state index contributed by atoms with van der Waals surface area (Å²) >= 11 is 1.29. The molecule has 3 rings (SSSR count). The molecule has 140 valence electrons. The molecule has 1 fully saturated rings. The van der Waals surface area contributed by atoms with E-state index in [-0.39, 0.29) is 30.7 Å². The molecule has 9 heteroatoms. The van der Waals surface area contributed by atoms with Gasteiger partial charge in [-0.1, -0.05) is 0 Å². The zero-order valence-electron chi connectivity index (χ0n) is 14.4. The number of halogens is 2. The SMILES string of the molecule is CC(C)Oc1cc(ON2CCC(F)(F)C2)cc(C(=O)Nc2nccs2)c1. The van der Waals surface area contributed by atoms with Gasteiger partial charge in [0.05, 0.1) is 12.6 Å². The third kappa shape index (κ3) is 4.89. The Morgan fingerprint density at radius 2 is 2.12 bits per heavy atom. The van der Waals surface area contributed by atoms with Gasteiger partial charge in [0.2, 0.25) is 0 Å². The van der Waals surface area contributed by atoms with E-state index in [9.17, 15) is 13.6 Å². The second-order valence-electron chi connectivity index (χ2n) is 6.21. The van der Waals surface area contributed by atoms with Crippen LogP contribution in [0, 0.1) is 0 Å². The van der Waals surface area contributed by atoms with Crippen LogP contribution in [0.4, 0.5) is 13.9 Å². The molecule has 1 saturated heterocycles. The van der Waals surface area contributed by atoms with Gasteiger partial charge in [-0.15, -0.1) is 16.4 Å². The van der Waals surface area contributed by atoms with Gasteiger partial charge in [-0.3, -0.25) is 10.1 Å². The Hall–Kier alpha value is -2.26. The third-order valence-electron chi connectivity index (χ3n) is 3.54. The minimum atomic E-state index is -2.77. The number of rotatable bonds is 6. The lowest BCUT2D eigenvalue weighted by Gasteiger charge is -2.18. The zero-order chi connectivity index (χ0) is 18.7. The summed E-state index contributed by atoms with van der Waals surface area (Å²) in [7, 11) is 0. The number of benzene rings is 1. The maximum atomic E-state index is 13.4. The van der Waals surface area contributed by atoms with Gasteiger partial charge in [-0.05, 0) is 26.0 Å². The fourth-order valence-corrected chi connectivity index (χ4v) is 3.01. The van der Waals surface area contributed by atoms with Crippen LogP contribution in [-0.4, -0.2) is 41.1 Å². The van der Waals surface area contributed by atoms with Crippen LogP contribution in [0.25, 0.3) is 0 Å². The maximum Gasteiger partial charge on any atom is 0.265 e. The molecule has 0 bridgehead atoms. The molecule has 2 heterocycles. The molecule has 1 aromatic carbocycles. The first kappa shape index (κ1) is 18.5. The number of anilines is 1. The highest BCUT2D eigenvalue weighted by Gasteiger charge is 2.39. The normalized spacial score (nSPS) is 16.7. The lowest BCUT2D eigenvalue weighted by atomic mass is 10.2. The van der Waals surface area contributed by atoms with Crippen molar-refractivity contribution < 1.29 is 23.1 Å². The average molecular weight is 383 g/mol. The molecule has 0 saturated carbocycles. The van der Waals surface area contributed by atoms with Gasteiger partial charge in [-0.25, -0.2) is 13.8 Å². The van der Waals surface area contributed by atoms with Gasteiger partial charge in [0, 0.05) is 36.2 Å². The molecule has 0 atom stereocenters. The highest BCUT2D eigenvalue weighted by Crippen LogP contribution is 2.30. The first-order valence-electron chi connectivity index (χ1n) is 8.14. The number of nitrogens with one attached hydrogen (secondary N) is 1. The molecular formula is C17H19F2N3O3S. The van der Waals surface area contributed by atoms with E-state index >= 15 is 0 Å². The quantitative estimate of drug-likeness (QED) is 0.822. The van der Waals surface area contributed by atoms with Gasteiger partial charge in [0.1, 0.15) is 5.75 Å². The summed E-state index contributed by atoms with van der Waals surface area (Å²) in [5, 5.41) is 6.08. The number of carbonyl (C=O) groups excluding carboxylic acids is 1. The van der Waals surface area contributed by atoms with Crippen molar-refractivity contribution in [1.29, 1.82) is 0 Å². The number of hydroxylamine groups is 2.